The fourth-order valence-corrected chi connectivity index (χ4v) is 5.87. The Kier molecular flexibility index (Phi) is 3.82. The van der Waals surface area contributed by atoms with Crippen LogP contribution in [0.5, 0.6) is 0 Å². The normalized spacial score (nSPS) is 22.7. The van der Waals surface area contributed by atoms with Crippen molar-refractivity contribution in [2.75, 3.05) is 18.8 Å². The van der Waals surface area contributed by atoms with E-state index in [1.807, 2.05) is 26.0 Å². The quantitative estimate of drug-likeness (QED) is 0.837. The molecule has 7 heteroatoms. The predicted octanol–water partition coefficient (Wildman–Crippen LogP) is 1.77. The number of sulfonamides is 1. The fourth-order valence-electron chi connectivity index (χ4n) is 2.67. The molecule has 1 unspecified atom stereocenters. The lowest BCUT2D eigenvalue weighted by Crippen LogP contribution is -2.51. The predicted molar refractivity (Wildman–Crippen MR) is 87.6 cm³/mol. The van der Waals surface area contributed by atoms with Crippen LogP contribution in [-0.4, -0.2) is 45.5 Å². The molecule has 0 bridgehead atoms. The van der Waals surface area contributed by atoms with Crippen LogP contribution in [0.1, 0.15) is 13.8 Å². The molecule has 22 heavy (non-hydrogen) atoms. The summed E-state index contributed by atoms with van der Waals surface area (Å²) in [5.41, 5.74) is 0.481. The van der Waals surface area contributed by atoms with Gasteiger partial charge in [-0.15, -0.1) is 0 Å². The molecular formula is C15H18N2O3S2. The highest BCUT2D eigenvalue weighted by atomic mass is 32.2. The Morgan fingerprint density at radius 2 is 1.95 bits per heavy atom. The summed E-state index contributed by atoms with van der Waals surface area (Å²) in [5, 5.41) is 0.795. The third kappa shape index (κ3) is 2.57. The highest BCUT2D eigenvalue weighted by molar-refractivity contribution is 7.90. The second kappa shape index (κ2) is 5.40. The molecule has 1 aliphatic heterocycles. The monoisotopic (exact) mass is 338 g/mol. The summed E-state index contributed by atoms with van der Waals surface area (Å²) in [4.78, 5) is 4.44. The Morgan fingerprint density at radius 3 is 2.68 bits per heavy atom. The molecule has 2 heterocycles. The summed E-state index contributed by atoms with van der Waals surface area (Å²) < 4.78 is 38.9. The van der Waals surface area contributed by atoms with E-state index in [9.17, 15) is 12.6 Å². The SMILES string of the molecule is CC1(C)CN(S(=O)(=O)c2cccc3cccnc23)CCS1=O. The van der Waals surface area contributed by atoms with E-state index in [2.05, 4.69) is 4.98 Å². The van der Waals surface area contributed by atoms with Crippen LogP contribution in [0.4, 0.5) is 0 Å². The summed E-state index contributed by atoms with van der Waals surface area (Å²) in [6, 6.07) is 8.78. The summed E-state index contributed by atoms with van der Waals surface area (Å²) in [6.07, 6.45) is 1.59. The maximum atomic E-state index is 13.0. The van der Waals surface area contributed by atoms with E-state index in [4.69, 9.17) is 0 Å². The number of pyridine rings is 1. The summed E-state index contributed by atoms with van der Waals surface area (Å²) in [6.45, 7) is 4.21. The van der Waals surface area contributed by atoms with Crippen LogP contribution < -0.4 is 0 Å². The van der Waals surface area contributed by atoms with Crippen LogP contribution in [-0.2, 0) is 20.8 Å². The zero-order valence-corrected chi connectivity index (χ0v) is 14.2. The largest absolute Gasteiger partial charge is 0.259 e. The van der Waals surface area contributed by atoms with Gasteiger partial charge in [-0.05, 0) is 26.0 Å². The zero-order valence-electron chi connectivity index (χ0n) is 12.5. The Balaban J connectivity index is 2.08. The molecule has 5 nitrogen and oxygen atoms in total. The summed E-state index contributed by atoms with van der Waals surface area (Å²) in [5.74, 6) is 0.366. The summed E-state index contributed by atoms with van der Waals surface area (Å²) >= 11 is 0. The van der Waals surface area contributed by atoms with E-state index in [1.54, 1.807) is 24.4 Å². The van der Waals surface area contributed by atoms with Crippen molar-refractivity contribution in [1.29, 1.82) is 0 Å². The van der Waals surface area contributed by atoms with Crippen molar-refractivity contribution in [2.45, 2.75) is 23.5 Å². The third-order valence-corrected chi connectivity index (χ3v) is 7.70. The maximum absolute atomic E-state index is 13.0. The van der Waals surface area contributed by atoms with Crippen molar-refractivity contribution in [3.8, 4) is 0 Å². The molecule has 1 aromatic heterocycles. The molecule has 0 saturated carbocycles. The van der Waals surface area contributed by atoms with Gasteiger partial charge in [-0.2, -0.15) is 4.31 Å². The van der Waals surface area contributed by atoms with Crippen LogP contribution in [0.25, 0.3) is 10.9 Å². The van der Waals surface area contributed by atoms with Gasteiger partial charge < -0.3 is 0 Å². The van der Waals surface area contributed by atoms with Crippen LogP contribution in [0.15, 0.2) is 41.4 Å². The van der Waals surface area contributed by atoms with E-state index < -0.39 is 25.6 Å². The Labute approximate surface area is 132 Å². The molecule has 1 atom stereocenters. The van der Waals surface area contributed by atoms with Crippen molar-refractivity contribution in [1.82, 2.24) is 9.29 Å². The number of hydrogen-bond donors (Lipinski definition) is 0. The van der Waals surface area contributed by atoms with Gasteiger partial charge in [0.1, 0.15) is 4.90 Å². The van der Waals surface area contributed by atoms with Gasteiger partial charge in [0, 0.05) is 41.2 Å². The number of fused-ring (bicyclic) bond motifs is 1. The number of hydrogen-bond acceptors (Lipinski definition) is 4. The van der Waals surface area contributed by atoms with E-state index in [1.165, 1.54) is 4.31 Å². The molecule has 2 aromatic rings. The van der Waals surface area contributed by atoms with Crippen molar-refractivity contribution in [3.05, 3.63) is 36.5 Å². The minimum Gasteiger partial charge on any atom is -0.259 e. The van der Waals surface area contributed by atoms with Gasteiger partial charge in [0.25, 0.3) is 0 Å². The lowest BCUT2D eigenvalue weighted by Gasteiger charge is -2.36. The lowest BCUT2D eigenvalue weighted by molar-refractivity contribution is 0.379. The average Bonchev–Trinajstić information content (AvgIpc) is 2.49. The van der Waals surface area contributed by atoms with E-state index in [0.29, 0.717) is 11.3 Å². The van der Waals surface area contributed by atoms with Crippen LogP contribution >= 0.6 is 0 Å². The van der Waals surface area contributed by atoms with Gasteiger partial charge in [0.2, 0.25) is 10.0 Å². The molecule has 1 aliphatic rings. The van der Waals surface area contributed by atoms with Crippen LogP contribution in [0, 0.1) is 0 Å². The first-order chi connectivity index (χ1) is 10.3. The molecule has 0 amide bonds. The average molecular weight is 338 g/mol. The van der Waals surface area contributed by atoms with Gasteiger partial charge >= 0.3 is 0 Å². The molecule has 0 aliphatic carbocycles. The van der Waals surface area contributed by atoms with Crippen molar-refractivity contribution >= 4 is 31.7 Å². The maximum Gasteiger partial charge on any atom is 0.245 e. The fraction of sp³-hybridized carbons (Fsp3) is 0.400. The minimum absolute atomic E-state index is 0.217. The molecule has 0 radical (unpaired) electrons. The Morgan fingerprint density at radius 1 is 1.23 bits per heavy atom. The van der Waals surface area contributed by atoms with Crippen molar-refractivity contribution in [2.24, 2.45) is 0 Å². The first kappa shape index (κ1) is 15.6. The number of rotatable bonds is 2. The van der Waals surface area contributed by atoms with Crippen LogP contribution in [0.2, 0.25) is 0 Å². The molecule has 3 rings (SSSR count). The molecular weight excluding hydrogens is 320 g/mol. The third-order valence-electron chi connectivity index (χ3n) is 3.91. The summed E-state index contributed by atoms with van der Waals surface area (Å²) in [7, 11) is -4.66. The second-order valence-corrected chi connectivity index (χ2v) is 10.1. The van der Waals surface area contributed by atoms with Gasteiger partial charge in [0.15, 0.2) is 0 Å². The first-order valence-corrected chi connectivity index (χ1v) is 9.81. The first-order valence-electron chi connectivity index (χ1n) is 7.05. The van der Waals surface area contributed by atoms with Gasteiger partial charge in [-0.3, -0.25) is 9.19 Å². The molecule has 118 valence electrons. The van der Waals surface area contributed by atoms with Crippen molar-refractivity contribution < 1.29 is 12.6 Å². The standard InChI is InChI=1S/C15H18N2O3S2/c1-15(2)11-17(9-10-21(15)18)22(19,20)13-7-3-5-12-6-4-8-16-14(12)13/h3-8H,9-11H2,1-2H3. The van der Waals surface area contributed by atoms with Gasteiger partial charge in [-0.1, -0.05) is 18.2 Å². The van der Waals surface area contributed by atoms with Gasteiger partial charge in [0.05, 0.1) is 10.3 Å². The molecule has 0 N–H and O–H groups in total. The van der Waals surface area contributed by atoms with Gasteiger partial charge in [-0.25, -0.2) is 8.42 Å². The lowest BCUT2D eigenvalue weighted by atomic mass is 10.2. The smallest absolute Gasteiger partial charge is 0.245 e. The van der Waals surface area contributed by atoms with E-state index in [-0.39, 0.29) is 18.0 Å². The van der Waals surface area contributed by atoms with E-state index >= 15 is 0 Å². The van der Waals surface area contributed by atoms with Crippen molar-refractivity contribution in [3.63, 3.8) is 0 Å². The highest BCUT2D eigenvalue weighted by Gasteiger charge is 2.39. The Hall–Kier alpha value is -1.31. The second-order valence-electron chi connectivity index (χ2n) is 5.98. The number of benzene rings is 1. The molecule has 1 saturated heterocycles. The Bertz CT molecular complexity index is 841. The van der Waals surface area contributed by atoms with Crippen LogP contribution in [0.3, 0.4) is 0 Å². The highest BCUT2D eigenvalue weighted by Crippen LogP contribution is 2.28. The minimum atomic E-state index is -3.65. The number of nitrogens with zero attached hydrogens (tertiary/aromatic N) is 2. The molecule has 1 fully saturated rings. The number of para-hydroxylation sites is 1. The number of aromatic nitrogens is 1. The molecule has 0 spiro atoms. The topological polar surface area (TPSA) is 67.3 Å². The zero-order chi connectivity index (χ0) is 16.0. The molecule has 1 aromatic carbocycles. The van der Waals surface area contributed by atoms with E-state index in [0.717, 1.165) is 5.39 Å².